The van der Waals surface area contributed by atoms with Crippen LogP contribution in [0.3, 0.4) is 0 Å². The van der Waals surface area contributed by atoms with E-state index in [1.165, 1.54) is 23.1 Å². The minimum atomic E-state index is -0.808. The van der Waals surface area contributed by atoms with E-state index < -0.39 is 18.0 Å². The first-order chi connectivity index (χ1) is 11.5. The van der Waals surface area contributed by atoms with Gasteiger partial charge in [0.05, 0.1) is 25.9 Å². The molecule has 0 bridgehead atoms. The highest BCUT2D eigenvalue weighted by atomic mass is 19.1. The largest absolute Gasteiger partial charge is 0.389 e. The lowest BCUT2D eigenvalue weighted by atomic mass is 10.2. The number of ether oxygens (including phenoxy) is 1. The van der Waals surface area contributed by atoms with Crippen molar-refractivity contribution in [2.24, 2.45) is 0 Å². The molecule has 0 saturated carbocycles. The summed E-state index contributed by atoms with van der Waals surface area (Å²) in [5, 5.41) is 12.5. The summed E-state index contributed by atoms with van der Waals surface area (Å²) in [5.74, 6) is -0.426. The van der Waals surface area contributed by atoms with Crippen molar-refractivity contribution in [1.82, 2.24) is 4.90 Å². The number of rotatable bonds is 7. The third-order valence-electron chi connectivity index (χ3n) is 3.33. The summed E-state index contributed by atoms with van der Waals surface area (Å²) in [6, 6.07) is 14.8. The van der Waals surface area contributed by atoms with Crippen molar-refractivity contribution in [3.63, 3.8) is 0 Å². The molecule has 2 rings (SSSR count). The number of hydrogen-bond acceptors (Lipinski definition) is 3. The lowest BCUT2D eigenvalue weighted by Crippen LogP contribution is -2.38. The summed E-state index contributed by atoms with van der Waals surface area (Å²) >= 11 is 0. The molecule has 0 aliphatic carbocycles. The summed E-state index contributed by atoms with van der Waals surface area (Å²) in [4.78, 5) is 13.3. The molecule has 128 valence electrons. The Labute approximate surface area is 140 Å². The molecule has 1 atom stereocenters. The van der Waals surface area contributed by atoms with Crippen LogP contribution in [0, 0.1) is 5.82 Å². The predicted molar refractivity (Wildman–Crippen MR) is 90.2 cm³/mol. The molecule has 2 amide bonds. The van der Waals surface area contributed by atoms with Gasteiger partial charge in [0.2, 0.25) is 0 Å². The quantitative estimate of drug-likeness (QED) is 0.819. The van der Waals surface area contributed by atoms with E-state index in [1.807, 2.05) is 30.3 Å². The maximum Gasteiger partial charge on any atom is 0.321 e. The highest BCUT2D eigenvalue weighted by molar-refractivity contribution is 5.89. The van der Waals surface area contributed by atoms with E-state index in [0.29, 0.717) is 12.3 Å². The fourth-order valence-corrected chi connectivity index (χ4v) is 2.12. The highest BCUT2D eigenvalue weighted by Gasteiger charge is 2.14. The van der Waals surface area contributed by atoms with Crippen molar-refractivity contribution in [3.8, 4) is 0 Å². The minimum Gasteiger partial charge on any atom is -0.389 e. The average molecular weight is 332 g/mol. The second-order valence-electron chi connectivity index (χ2n) is 5.48. The molecule has 2 N–H and O–H groups in total. The molecule has 24 heavy (non-hydrogen) atoms. The summed E-state index contributed by atoms with van der Waals surface area (Å²) in [5.41, 5.74) is 1.38. The fraction of sp³-hybridized carbons (Fsp3) is 0.278. The lowest BCUT2D eigenvalue weighted by molar-refractivity contribution is 0.0188. The number of benzene rings is 2. The maximum atomic E-state index is 13.1. The first-order valence-electron chi connectivity index (χ1n) is 7.62. The van der Waals surface area contributed by atoms with Crippen molar-refractivity contribution < 1.29 is 19.0 Å². The molecule has 0 saturated heterocycles. The average Bonchev–Trinajstić information content (AvgIpc) is 2.55. The number of amides is 2. The minimum absolute atomic E-state index is 0.107. The van der Waals surface area contributed by atoms with Crippen LogP contribution in [0.15, 0.2) is 54.6 Å². The van der Waals surface area contributed by atoms with Crippen molar-refractivity contribution in [2.75, 3.05) is 25.5 Å². The predicted octanol–water partition coefficient (Wildman–Crippen LogP) is 2.87. The number of carbonyl (C=O) groups excluding carboxylic acids is 1. The molecular weight excluding hydrogens is 311 g/mol. The van der Waals surface area contributed by atoms with Crippen LogP contribution < -0.4 is 5.32 Å². The number of halogens is 1. The topological polar surface area (TPSA) is 61.8 Å². The van der Waals surface area contributed by atoms with Gasteiger partial charge in [-0.1, -0.05) is 36.4 Å². The molecular formula is C18H21FN2O3. The standard InChI is InChI=1S/C18H21FN2O3/c1-21(18(23)20-16-9-5-8-15(19)10-16)11-17(22)13-24-12-14-6-3-2-4-7-14/h2-10,17,22H,11-13H2,1H3,(H,20,23)/t17-/m0/s1. The molecule has 0 aliphatic heterocycles. The molecule has 0 spiro atoms. The number of urea groups is 1. The van der Waals surface area contributed by atoms with Gasteiger partial charge in [0, 0.05) is 12.7 Å². The molecule has 0 heterocycles. The number of aliphatic hydroxyl groups excluding tert-OH is 1. The van der Waals surface area contributed by atoms with E-state index in [4.69, 9.17) is 4.74 Å². The van der Waals surface area contributed by atoms with Gasteiger partial charge in [-0.15, -0.1) is 0 Å². The SMILES string of the molecule is CN(C[C@H](O)COCc1ccccc1)C(=O)Nc1cccc(F)c1. The normalized spacial score (nSPS) is 11.8. The van der Waals surface area contributed by atoms with Gasteiger partial charge in [-0.2, -0.15) is 0 Å². The van der Waals surface area contributed by atoms with Crippen LogP contribution in [0.2, 0.25) is 0 Å². The van der Waals surface area contributed by atoms with Crippen LogP contribution in [0.1, 0.15) is 5.56 Å². The molecule has 0 radical (unpaired) electrons. The van der Waals surface area contributed by atoms with Gasteiger partial charge in [-0.05, 0) is 23.8 Å². The van der Waals surface area contributed by atoms with Gasteiger partial charge in [0.1, 0.15) is 5.82 Å². The van der Waals surface area contributed by atoms with Gasteiger partial charge in [-0.3, -0.25) is 0 Å². The third kappa shape index (κ3) is 5.98. The van der Waals surface area contributed by atoms with Crippen LogP contribution >= 0.6 is 0 Å². The Balaban J connectivity index is 1.72. The third-order valence-corrected chi connectivity index (χ3v) is 3.33. The van der Waals surface area contributed by atoms with Crippen molar-refractivity contribution in [3.05, 3.63) is 66.0 Å². The van der Waals surface area contributed by atoms with Crippen LogP contribution in [-0.4, -0.2) is 42.3 Å². The number of nitrogens with zero attached hydrogens (tertiary/aromatic N) is 1. The molecule has 0 unspecified atom stereocenters. The molecule has 5 nitrogen and oxygen atoms in total. The summed E-state index contributed by atoms with van der Waals surface area (Å²) in [7, 11) is 1.55. The number of aliphatic hydroxyl groups is 1. The fourth-order valence-electron chi connectivity index (χ4n) is 2.12. The summed E-state index contributed by atoms with van der Waals surface area (Å²) < 4.78 is 18.5. The van der Waals surface area contributed by atoms with Crippen LogP contribution in [0.5, 0.6) is 0 Å². The van der Waals surface area contributed by atoms with Crippen LogP contribution in [0.25, 0.3) is 0 Å². The Bertz CT molecular complexity index is 652. The van der Waals surface area contributed by atoms with Crippen LogP contribution in [0.4, 0.5) is 14.9 Å². The Kier molecular flexibility index (Phi) is 6.72. The van der Waals surface area contributed by atoms with Gasteiger partial charge >= 0.3 is 6.03 Å². The number of nitrogens with one attached hydrogen (secondary N) is 1. The molecule has 0 aliphatic rings. The molecule has 2 aromatic carbocycles. The Morgan fingerprint density at radius 2 is 2.00 bits per heavy atom. The smallest absolute Gasteiger partial charge is 0.321 e. The zero-order valence-corrected chi connectivity index (χ0v) is 13.5. The molecule has 2 aromatic rings. The monoisotopic (exact) mass is 332 g/mol. The van der Waals surface area contributed by atoms with E-state index in [-0.39, 0.29) is 13.2 Å². The van der Waals surface area contributed by atoms with Gasteiger partial charge in [-0.25, -0.2) is 9.18 Å². The highest BCUT2D eigenvalue weighted by Crippen LogP contribution is 2.10. The van der Waals surface area contributed by atoms with E-state index in [1.54, 1.807) is 13.1 Å². The first kappa shape index (κ1) is 17.9. The van der Waals surface area contributed by atoms with Crippen LogP contribution in [-0.2, 0) is 11.3 Å². The van der Waals surface area contributed by atoms with Crippen molar-refractivity contribution in [2.45, 2.75) is 12.7 Å². The Hall–Kier alpha value is -2.44. The first-order valence-corrected chi connectivity index (χ1v) is 7.62. The van der Waals surface area contributed by atoms with E-state index in [0.717, 1.165) is 5.56 Å². The molecule has 0 fully saturated rings. The Morgan fingerprint density at radius 1 is 1.25 bits per heavy atom. The second-order valence-corrected chi connectivity index (χ2v) is 5.48. The lowest BCUT2D eigenvalue weighted by Gasteiger charge is -2.21. The maximum absolute atomic E-state index is 13.1. The van der Waals surface area contributed by atoms with E-state index >= 15 is 0 Å². The molecule has 0 aromatic heterocycles. The second kappa shape index (κ2) is 9.00. The van der Waals surface area contributed by atoms with E-state index in [9.17, 15) is 14.3 Å². The zero-order chi connectivity index (χ0) is 17.4. The van der Waals surface area contributed by atoms with Gasteiger partial charge in [0.25, 0.3) is 0 Å². The summed E-state index contributed by atoms with van der Waals surface area (Å²) in [6.07, 6.45) is -0.808. The summed E-state index contributed by atoms with van der Waals surface area (Å²) in [6.45, 7) is 0.625. The zero-order valence-electron chi connectivity index (χ0n) is 13.5. The number of likely N-dealkylation sites (N-methyl/N-ethyl adjacent to an activating group) is 1. The van der Waals surface area contributed by atoms with Gasteiger partial charge in [0.15, 0.2) is 0 Å². The van der Waals surface area contributed by atoms with Gasteiger partial charge < -0.3 is 20.1 Å². The van der Waals surface area contributed by atoms with Crippen molar-refractivity contribution in [1.29, 1.82) is 0 Å². The van der Waals surface area contributed by atoms with Crippen molar-refractivity contribution >= 4 is 11.7 Å². The number of carbonyl (C=O) groups is 1. The number of anilines is 1. The number of hydrogen-bond donors (Lipinski definition) is 2. The molecule has 6 heteroatoms. The Morgan fingerprint density at radius 3 is 2.71 bits per heavy atom. The van der Waals surface area contributed by atoms with E-state index in [2.05, 4.69) is 5.32 Å².